The Morgan fingerprint density at radius 1 is 1.03 bits per heavy atom. The van der Waals surface area contributed by atoms with E-state index in [2.05, 4.69) is 72.3 Å². The second-order valence-corrected chi connectivity index (χ2v) is 21.5. The number of amides is 1. The molecule has 0 radical (unpaired) electrons. The SMILES string of the molecule is CCOC(=O)C(C)C1C(C(C)O[Si](C)(C)C(C)(C)C)C(=O)N1[Si](C)(C)C(C)(C)C. The van der Waals surface area contributed by atoms with Gasteiger partial charge in [-0.3, -0.25) is 9.59 Å². The Bertz CT molecular complexity index is 619. The fraction of sp³-hybridized carbons (Fsp3) is 0.909. The third-order valence-corrected chi connectivity index (χ3v) is 17.6. The predicted molar refractivity (Wildman–Crippen MR) is 125 cm³/mol. The summed E-state index contributed by atoms with van der Waals surface area (Å²) in [5, 5.41) is 0.0687. The number of esters is 1. The number of hydrogen-bond donors (Lipinski definition) is 0. The molecule has 1 aliphatic rings. The van der Waals surface area contributed by atoms with E-state index in [9.17, 15) is 9.59 Å². The summed E-state index contributed by atoms with van der Waals surface area (Å²) >= 11 is 0. The third-order valence-electron chi connectivity index (χ3n) is 7.59. The van der Waals surface area contributed by atoms with Crippen LogP contribution >= 0.6 is 0 Å². The Labute approximate surface area is 181 Å². The molecule has 1 saturated heterocycles. The topological polar surface area (TPSA) is 55.8 Å². The molecule has 1 rings (SSSR count). The zero-order valence-electron chi connectivity index (χ0n) is 21.1. The molecule has 170 valence electrons. The zero-order chi connectivity index (χ0) is 23.2. The van der Waals surface area contributed by atoms with Gasteiger partial charge in [-0.25, -0.2) is 0 Å². The number of carbonyl (C=O) groups is 2. The van der Waals surface area contributed by atoms with Crippen molar-refractivity contribution in [1.29, 1.82) is 0 Å². The maximum absolute atomic E-state index is 13.5. The molecular formula is C22H45NO4Si2. The zero-order valence-corrected chi connectivity index (χ0v) is 23.1. The van der Waals surface area contributed by atoms with Crippen LogP contribution < -0.4 is 0 Å². The molecule has 1 fully saturated rings. The lowest BCUT2D eigenvalue weighted by atomic mass is 9.79. The van der Waals surface area contributed by atoms with Crippen LogP contribution in [0.2, 0.25) is 36.3 Å². The molecule has 1 amide bonds. The Kier molecular flexibility index (Phi) is 7.69. The first-order chi connectivity index (χ1) is 12.8. The molecule has 0 saturated carbocycles. The summed E-state index contributed by atoms with van der Waals surface area (Å²) in [6, 6.07) is -0.165. The highest BCUT2D eigenvalue weighted by Crippen LogP contribution is 2.49. The molecule has 7 heteroatoms. The van der Waals surface area contributed by atoms with E-state index in [1.165, 1.54) is 0 Å². The van der Waals surface area contributed by atoms with E-state index in [4.69, 9.17) is 9.16 Å². The quantitative estimate of drug-likeness (QED) is 0.299. The molecule has 29 heavy (non-hydrogen) atoms. The van der Waals surface area contributed by atoms with Crippen molar-refractivity contribution in [1.82, 2.24) is 4.57 Å². The van der Waals surface area contributed by atoms with Crippen LogP contribution in [0, 0.1) is 11.8 Å². The molecule has 0 bridgehead atoms. The van der Waals surface area contributed by atoms with Crippen LogP contribution in [0.5, 0.6) is 0 Å². The van der Waals surface area contributed by atoms with Crippen molar-refractivity contribution in [3.05, 3.63) is 0 Å². The van der Waals surface area contributed by atoms with E-state index < -0.39 is 16.6 Å². The first-order valence-electron chi connectivity index (χ1n) is 11.0. The standard InChI is InChI=1S/C22H45NO4Si2/c1-14-26-20(25)15(2)18-17(16(3)27-29(12,13)22(7,8)9)19(24)23(18)28(10,11)21(4,5)6/h15-18H,14H2,1-13H3. The molecule has 0 aromatic rings. The maximum atomic E-state index is 13.5. The minimum Gasteiger partial charge on any atom is -0.466 e. The van der Waals surface area contributed by atoms with Gasteiger partial charge in [0.15, 0.2) is 16.6 Å². The van der Waals surface area contributed by atoms with Crippen molar-refractivity contribution in [2.75, 3.05) is 6.61 Å². The summed E-state index contributed by atoms with van der Waals surface area (Å²) < 4.78 is 14.0. The molecule has 5 nitrogen and oxygen atoms in total. The van der Waals surface area contributed by atoms with E-state index >= 15 is 0 Å². The van der Waals surface area contributed by atoms with Gasteiger partial charge in [0.05, 0.1) is 30.6 Å². The van der Waals surface area contributed by atoms with Gasteiger partial charge in [-0.05, 0) is 43.9 Å². The van der Waals surface area contributed by atoms with Gasteiger partial charge >= 0.3 is 5.97 Å². The van der Waals surface area contributed by atoms with E-state index in [0.29, 0.717) is 6.61 Å². The summed E-state index contributed by atoms with van der Waals surface area (Å²) in [5.74, 6) is -0.739. The molecule has 0 N–H and O–H groups in total. The van der Waals surface area contributed by atoms with Crippen LogP contribution in [0.1, 0.15) is 62.3 Å². The number of β-lactam (4-membered cyclic amide) rings is 1. The fourth-order valence-electron chi connectivity index (χ4n) is 3.68. The van der Waals surface area contributed by atoms with Gasteiger partial charge in [-0.2, -0.15) is 0 Å². The molecule has 0 spiro atoms. The monoisotopic (exact) mass is 443 g/mol. The summed E-state index contributed by atoms with van der Waals surface area (Å²) in [6.07, 6.45) is -0.216. The van der Waals surface area contributed by atoms with Crippen LogP contribution in [0.25, 0.3) is 0 Å². The molecule has 0 aromatic heterocycles. The van der Waals surface area contributed by atoms with Gasteiger partial charge in [-0.15, -0.1) is 0 Å². The number of hydrogen-bond acceptors (Lipinski definition) is 4. The van der Waals surface area contributed by atoms with Gasteiger partial charge in [0.2, 0.25) is 5.91 Å². The predicted octanol–water partition coefficient (Wildman–Crippen LogP) is 5.43. The van der Waals surface area contributed by atoms with E-state index in [1.54, 1.807) is 0 Å². The maximum Gasteiger partial charge on any atom is 0.310 e. The smallest absolute Gasteiger partial charge is 0.310 e. The first kappa shape index (κ1) is 26.4. The van der Waals surface area contributed by atoms with Crippen LogP contribution in [0.4, 0.5) is 0 Å². The van der Waals surface area contributed by atoms with Gasteiger partial charge in [-0.1, -0.05) is 54.6 Å². The van der Waals surface area contributed by atoms with Crippen LogP contribution in [-0.4, -0.2) is 51.7 Å². The first-order valence-corrected chi connectivity index (χ1v) is 16.8. The van der Waals surface area contributed by atoms with Gasteiger partial charge < -0.3 is 13.7 Å². The Hall–Kier alpha value is -0.666. The fourth-order valence-corrected chi connectivity index (χ4v) is 7.66. The van der Waals surface area contributed by atoms with E-state index in [0.717, 1.165) is 0 Å². The Morgan fingerprint density at radius 3 is 1.90 bits per heavy atom. The van der Waals surface area contributed by atoms with E-state index in [1.807, 2.05) is 20.8 Å². The number of ether oxygens (including phenoxy) is 1. The van der Waals surface area contributed by atoms with Gasteiger partial charge in [0, 0.05) is 0 Å². The molecule has 4 unspecified atom stereocenters. The average molecular weight is 444 g/mol. The summed E-state index contributed by atoms with van der Waals surface area (Å²) in [4.78, 5) is 26.1. The summed E-state index contributed by atoms with van der Waals surface area (Å²) in [6.45, 7) is 28.2. The normalized spacial score (nSPS) is 23.5. The second kappa shape index (κ2) is 8.46. The largest absolute Gasteiger partial charge is 0.466 e. The molecule has 0 aromatic carbocycles. The van der Waals surface area contributed by atoms with Crippen LogP contribution in [0.3, 0.4) is 0 Å². The lowest BCUT2D eigenvalue weighted by molar-refractivity contribution is -0.165. The lowest BCUT2D eigenvalue weighted by Gasteiger charge is -2.61. The van der Waals surface area contributed by atoms with Crippen molar-refractivity contribution in [2.24, 2.45) is 11.8 Å². The van der Waals surface area contributed by atoms with Crippen molar-refractivity contribution < 1.29 is 18.8 Å². The van der Waals surface area contributed by atoms with Crippen molar-refractivity contribution in [2.45, 2.75) is 111 Å². The number of carbonyl (C=O) groups excluding carboxylic acids is 2. The summed E-state index contributed by atoms with van der Waals surface area (Å²) in [7, 11) is -4.16. The Morgan fingerprint density at radius 2 is 1.52 bits per heavy atom. The van der Waals surface area contributed by atoms with Crippen LogP contribution in [0.15, 0.2) is 0 Å². The highest BCUT2D eigenvalue weighted by molar-refractivity contribution is 6.80. The van der Waals surface area contributed by atoms with Crippen molar-refractivity contribution >= 4 is 28.4 Å². The number of nitrogens with zero attached hydrogens (tertiary/aromatic N) is 1. The van der Waals surface area contributed by atoms with Crippen molar-refractivity contribution in [3.63, 3.8) is 0 Å². The van der Waals surface area contributed by atoms with Gasteiger partial charge in [0.1, 0.15) is 0 Å². The Balaban J connectivity index is 3.29. The molecule has 4 atom stereocenters. The molecule has 0 aliphatic carbocycles. The highest BCUT2D eigenvalue weighted by atomic mass is 28.4. The summed E-state index contributed by atoms with van der Waals surface area (Å²) in [5.41, 5.74) is 0. The van der Waals surface area contributed by atoms with Gasteiger partial charge in [0.25, 0.3) is 0 Å². The number of rotatable bonds is 7. The minimum atomic E-state index is -2.13. The highest BCUT2D eigenvalue weighted by Gasteiger charge is 2.61. The molecule has 1 heterocycles. The van der Waals surface area contributed by atoms with Crippen LogP contribution in [-0.2, 0) is 18.8 Å². The third kappa shape index (κ3) is 4.98. The van der Waals surface area contributed by atoms with E-state index in [-0.39, 0.29) is 45.9 Å². The lowest BCUT2D eigenvalue weighted by Crippen LogP contribution is -2.77. The van der Waals surface area contributed by atoms with Crippen molar-refractivity contribution in [3.8, 4) is 0 Å². The molecule has 1 aliphatic heterocycles. The minimum absolute atomic E-state index is 0.00376. The second-order valence-electron chi connectivity index (χ2n) is 11.7. The average Bonchev–Trinajstić information content (AvgIpc) is 2.48. The molecular weight excluding hydrogens is 398 g/mol.